The van der Waals surface area contributed by atoms with Crippen LogP contribution in [0.1, 0.15) is 29.5 Å². The van der Waals surface area contributed by atoms with Crippen LogP contribution in [0, 0.1) is 0 Å². The number of benzene rings is 3. The van der Waals surface area contributed by atoms with E-state index in [0.29, 0.717) is 26.1 Å². The fourth-order valence-corrected chi connectivity index (χ4v) is 3.83. The molecule has 0 heterocycles. The highest BCUT2D eigenvalue weighted by Crippen LogP contribution is 2.37. The highest BCUT2D eigenvalue weighted by atomic mass is 16.5. The van der Waals surface area contributed by atoms with Crippen molar-refractivity contribution in [1.82, 2.24) is 5.32 Å². The van der Waals surface area contributed by atoms with E-state index in [9.17, 15) is 4.79 Å². The van der Waals surface area contributed by atoms with Crippen LogP contribution in [0.5, 0.6) is 0 Å². The van der Waals surface area contributed by atoms with Crippen LogP contribution in [0.4, 0.5) is 0 Å². The molecule has 3 aromatic carbocycles. The van der Waals surface area contributed by atoms with Crippen LogP contribution in [0.15, 0.2) is 83.9 Å². The van der Waals surface area contributed by atoms with Gasteiger partial charge in [-0.3, -0.25) is 9.79 Å². The first kappa shape index (κ1) is 20.0. The van der Waals surface area contributed by atoms with Crippen LogP contribution in [0.25, 0.3) is 11.1 Å². The number of aliphatic imine (C=N–C) groups is 1. The van der Waals surface area contributed by atoms with Crippen molar-refractivity contribution >= 4 is 11.6 Å². The van der Waals surface area contributed by atoms with E-state index in [1.807, 2.05) is 30.3 Å². The van der Waals surface area contributed by atoms with Gasteiger partial charge in [-0.25, -0.2) is 0 Å². The molecule has 0 bridgehead atoms. The largest absolute Gasteiger partial charge is 0.377 e. The number of ether oxygens (including phenoxy) is 1. The van der Waals surface area contributed by atoms with Gasteiger partial charge in [-0.15, -0.1) is 0 Å². The van der Waals surface area contributed by atoms with Crippen molar-refractivity contribution in [2.75, 3.05) is 13.7 Å². The van der Waals surface area contributed by atoms with Crippen molar-refractivity contribution < 1.29 is 9.53 Å². The normalized spacial score (nSPS) is 12.8. The average molecular weight is 399 g/mol. The molecule has 0 radical (unpaired) electrons. The Morgan fingerprint density at radius 1 is 0.867 bits per heavy atom. The molecule has 4 rings (SSSR count). The van der Waals surface area contributed by atoms with Crippen LogP contribution >= 0.6 is 0 Å². The summed E-state index contributed by atoms with van der Waals surface area (Å²) in [6.45, 7) is 1.12. The minimum atomic E-state index is -0.144. The zero-order valence-corrected chi connectivity index (χ0v) is 17.2. The Hall–Kier alpha value is -3.24. The van der Waals surface area contributed by atoms with Crippen molar-refractivity contribution in [1.29, 1.82) is 0 Å². The van der Waals surface area contributed by atoms with Crippen LogP contribution in [0.2, 0.25) is 0 Å². The Bertz CT molecular complexity index is 996. The lowest BCUT2D eigenvalue weighted by atomic mass is 10.1. The van der Waals surface area contributed by atoms with Gasteiger partial charge < -0.3 is 10.1 Å². The highest BCUT2D eigenvalue weighted by Gasteiger charge is 2.25. The van der Waals surface area contributed by atoms with Gasteiger partial charge in [0.2, 0.25) is 5.91 Å². The van der Waals surface area contributed by atoms with Crippen LogP contribution in [-0.2, 0) is 16.1 Å². The summed E-state index contributed by atoms with van der Waals surface area (Å²) >= 11 is 0. The minimum absolute atomic E-state index is 0.00743. The van der Waals surface area contributed by atoms with Crippen LogP contribution < -0.4 is 5.32 Å². The summed E-state index contributed by atoms with van der Waals surface area (Å²) in [7, 11) is 1.67. The smallest absolute Gasteiger partial charge is 0.221 e. The standard InChI is InChI=1S/C26H26N2O2/c1-27-25(29)17-20(15-16-30-18-19-9-3-2-4-10-19)28-26-23-13-7-5-11-21(23)22-12-6-8-14-24(22)26/h2-14,20H,15-18H2,1H3,(H,27,29). The first-order valence-corrected chi connectivity index (χ1v) is 10.4. The molecule has 1 unspecified atom stereocenters. The van der Waals surface area contributed by atoms with Gasteiger partial charge in [0.1, 0.15) is 0 Å². The fourth-order valence-electron chi connectivity index (χ4n) is 3.83. The first-order chi connectivity index (χ1) is 14.8. The summed E-state index contributed by atoms with van der Waals surface area (Å²) in [5, 5.41) is 2.73. The van der Waals surface area contributed by atoms with E-state index >= 15 is 0 Å². The zero-order chi connectivity index (χ0) is 20.8. The van der Waals surface area contributed by atoms with Gasteiger partial charge in [0.15, 0.2) is 0 Å². The number of amides is 1. The van der Waals surface area contributed by atoms with Crippen LogP contribution in [0.3, 0.4) is 0 Å². The maximum Gasteiger partial charge on any atom is 0.221 e. The lowest BCUT2D eigenvalue weighted by molar-refractivity contribution is -0.121. The van der Waals surface area contributed by atoms with E-state index in [0.717, 1.165) is 22.4 Å². The predicted octanol–water partition coefficient (Wildman–Crippen LogP) is 4.62. The summed E-state index contributed by atoms with van der Waals surface area (Å²) in [5.74, 6) is -0.00743. The molecule has 30 heavy (non-hydrogen) atoms. The van der Waals surface area contributed by atoms with Crippen molar-refractivity contribution in [2.45, 2.75) is 25.5 Å². The molecule has 1 aliphatic rings. The Labute approximate surface area is 177 Å². The number of hydrogen-bond acceptors (Lipinski definition) is 3. The lowest BCUT2D eigenvalue weighted by Crippen LogP contribution is -2.25. The molecule has 0 saturated heterocycles. The van der Waals surface area contributed by atoms with Gasteiger partial charge in [0.05, 0.1) is 18.4 Å². The average Bonchev–Trinajstić information content (AvgIpc) is 3.11. The van der Waals surface area contributed by atoms with E-state index < -0.39 is 0 Å². The number of fused-ring (bicyclic) bond motifs is 3. The quantitative estimate of drug-likeness (QED) is 0.441. The summed E-state index contributed by atoms with van der Waals surface area (Å²) in [5.41, 5.74) is 6.77. The van der Waals surface area contributed by atoms with E-state index in [4.69, 9.17) is 9.73 Å². The molecule has 0 saturated carbocycles. The van der Waals surface area contributed by atoms with E-state index in [1.54, 1.807) is 7.05 Å². The second kappa shape index (κ2) is 9.51. The monoisotopic (exact) mass is 398 g/mol. The number of carbonyl (C=O) groups excluding carboxylic acids is 1. The van der Waals surface area contributed by atoms with Gasteiger partial charge >= 0.3 is 0 Å². The molecule has 0 spiro atoms. The van der Waals surface area contributed by atoms with Crippen LogP contribution in [-0.4, -0.2) is 31.3 Å². The van der Waals surface area contributed by atoms with E-state index in [2.05, 4.69) is 53.8 Å². The lowest BCUT2D eigenvalue weighted by Gasteiger charge is -2.14. The number of carbonyl (C=O) groups is 1. The van der Waals surface area contributed by atoms with Gasteiger partial charge in [0.25, 0.3) is 0 Å². The second-order valence-electron chi connectivity index (χ2n) is 7.43. The third-order valence-corrected chi connectivity index (χ3v) is 5.37. The maximum atomic E-state index is 12.1. The van der Waals surface area contributed by atoms with Crippen molar-refractivity contribution in [3.63, 3.8) is 0 Å². The topological polar surface area (TPSA) is 50.7 Å². The number of rotatable bonds is 8. The summed E-state index contributed by atoms with van der Waals surface area (Å²) in [6, 6.07) is 26.6. The molecule has 1 N–H and O–H groups in total. The molecule has 1 atom stereocenters. The van der Waals surface area contributed by atoms with Gasteiger partial charge in [0, 0.05) is 31.2 Å². The SMILES string of the molecule is CNC(=O)CC(CCOCc1ccccc1)N=C1c2ccccc2-c2ccccc21. The molecular formula is C26H26N2O2. The number of hydrogen-bond donors (Lipinski definition) is 1. The molecule has 0 aliphatic heterocycles. The third kappa shape index (κ3) is 4.50. The third-order valence-electron chi connectivity index (χ3n) is 5.37. The summed E-state index contributed by atoms with van der Waals surface area (Å²) in [4.78, 5) is 17.2. The Kier molecular flexibility index (Phi) is 6.35. The molecule has 4 nitrogen and oxygen atoms in total. The maximum absolute atomic E-state index is 12.1. The zero-order valence-electron chi connectivity index (χ0n) is 17.2. The van der Waals surface area contributed by atoms with Crippen molar-refractivity contribution in [2.24, 2.45) is 4.99 Å². The molecule has 0 aromatic heterocycles. The fraction of sp³-hybridized carbons (Fsp3) is 0.231. The Morgan fingerprint density at radius 2 is 1.43 bits per heavy atom. The van der Waals surface area contributed by atoms with Gasteiger partial charge in [-0.1, -0.05) is 78.9 Å². The van der Waals surface area contributed by atoms with Crippen molar-refractivity contribution in [3.8, 4) is 11.1 Å². The Morgan fingerprint density at radius 3 is 2.03 bits per heavy atom. The summed E-state index contributed by atoms with van der Waals surface area (Å²) < 4.78 is 5.87. The summed E-state index contributed by atoms with van der Waals surface area (Å²) in [6.07, 6.45) is 1.03. The highest BCUT2D eigenvalue weighted by molar-refractivity contribution is 6.24. The molecule has 152 valence electrons. The number of nitrogens with zero attached hydrogens (tertiary/aromatic N) is 1. The Balaban J connectivity index is 1.54. The first-order valence-electron chi connectivity index (χ1n) is 10.4. The molecule has 4 heteroatoms. The second-order valence-corrected chi connectivity index (χ2v) is 7.43. The molecule has 0 fully saturated rings. The number of nitrogens with one attached hydrogen (secondary N) is 1. The molecular weight excluding hydrogens is 372 g/mol. The predicted molar refractivity (Wildman–Crippen MR) is 121 cm³/mol. The van der Waals surface area contributed by atoms with Gasteiger partial charge in [-0.2, -0.15) is 0 Å². The molecule has 1 amide bonds. The minimum Gasteiger partial charge on any atom is -0.377 e. The van der Waals surface area contributed by atoms with Crippen molar-refractivity contribution in [3.05, 3.63) is 95.6 Å². The molecule has 1 aliphatic carbocycles. The molecule has 3 aromatic rings. The van der Waals surface area contributed by atoms with E-state index in [1.165, 1.54) is 11.1 Å². The van der Waals surface area contributed by atoms with Gasteiger partial charge in [-0.05, 0) is 23.1 Å². The van der Waals surface area contributed by atoms with E-state index in [-0.39, 0.29) is 11.9 Å².